The van der Waals surface area contributed by atoms with Crippen LogP contribution in [0.5, 0.6) is 0 Å². The fourth-order valence-electron chi connectivity index (χ4n) is 3.58. The maximum absolute atomic E-state index is 12.0. The van der Waals surface area contributed by atoms with Gasteiger partial charge in [-0.05, 0) is 58.0 Å². The second-order valence-corrected chi connectivity index (χ2v) is 7.31. The van der Waals surface area contributed by atoms with Crippen molar-refractivity contribution in [2.45, 2.75) is 38.8 Å². The van der Waals surface area contributed by atoms with E-state index in [9.17, 15) is 4.79 Å². The summed E-state index contributed by atoms with van der Waals surface area (Å²) < 4.78 is 2.16. The molecule has 2 aromatic rings. The van der Waals surface area contributed by atoms with Gasteiger partial charge in [-0.3, -0.25) is 14.3 Å². The zero-order chi connectivity index (χ0) is 19.2. The SMILES string of the molecule is CNC(=O)C(C)N(C)Cc1nnc(CC2CCNCC2)n1-c1ccccc1. The molecule has 0 saturated carbocycles. The van der Waals surface area contributed by atoms with Crippen molar-refractivity contribution < 1.29 is 4.79 Å². The van der Waals surface area contributed by atoms with Crippen LogP contribution in [-0.2, 0) is 17.8 Å². The van der Waals surface area contributed by atoms with Crippen LogP contribution in [0.25, 0.3) is 5.69 Å². The van der Waals surface area contributed by atoms with E-state index in [2.05, 4.69) is 37.5 Å². The Morgan fingerprint density at radius 3 is 2.59 bits per heavy atom. The smallest absolute Gasteiger partial charge is 0.236 e. The first kappa shape index (κ1) is 19.5. The minimum atomic E-state index is -0.233. The molecular formula is C20H30N6O. The molecule has 1 atom stereocenters. The van der Waals surface area contributed by atoms with E-state index in [1.54, 1.807) is 7.05 Å². The Balaban J connectivity index is 1.86. The number of carbonyl (C=O) groups is 1. The molecule has 1 amide bonds. The first-order valence-corrected chi connectivity index (χ1v) is 9.71. The van der Waals surface area contributed by atoms with Crippen molar-refractivity contribution in [2.24, 2.45) is 5.92 Å². The van der Waals surface area contributed by atoms with Crippen LogP contribution in [0.1, 0.15) is 31.4 Å². The molecule has 3 rings (SSSR count). The summed E-state index contributed by atoms with van der Waals surface area (Å²) in [6, 6.07) is 10.0. The van der Waals surface area contributed by atoms with E-state index in [1.165, 1.54) is 12.8 Å². The van der Waals surface area contributed by atoms with Gasteiger partial charge in [-0.1, -0.05) is 18.2 Å². The highest BCUT2D eigenvalue weighted by atomic mass is 16.2. The molecule has 1 aromatic heterocycles. The Morgan fingerprint density at radius 1 is 1.26 bits per heavy atom. The predicted octanol–water partition coefficient (Wildman–Crippen LogP) is 1.38. The van der Waals surface area contributed by atoms with Gasteiger partial charge in [0.15, 0.2) is 5.82 Å². The zero-order valence-electron chi connectivity index (χ0n) is 16.5. The topological polar surface area (TPSA) is 75.1 Å². The number of aromatic nitrogens is 3. The molecule has 7 heteroatoms. The number of benzene rings is 1. The first-order chi connectivity index (χ1) is 13.1. The van der Waals surface area contributed by atoms with Gasteiger partial charge in [0.25, 0.3) is 0 Å². The Bertz CT molecular complexity index is 738. The van der Waals surface area contributed by atoms with Crippen molar-refractivity contribution in [3.63, 3.8) is 0 Å². The molecule has 0 aliphatic carbocycles. The highest BCUT2D eigenvalue weighted by Crippen LogP contribution is 2.21. The molecule has 27 heavy (non-hydrogen) atoms. The zero-order valence-corrected chi connectivity index (χ0v) is 16.5. The van der Waals surface area contributed by atoms with Crippen molar-refractivity contribution >= 4 is 5.91 Å². The van der Waals surface area contributed by atoms with E-state index in [0.717, 1.165) is 36.8 Å². The largest absolute Gasteiger partial charge is 0.358 e. The van der Waals surface area contributed by atoms with Crippen molar-refractivity contribution in [1.82, 2.24) is 30.3 Å². The molecular weight excluding hydrogens is 340 g/mol. The number of hydrogen-bond donors (Lipinski definition) is 2. The molecule has 1 saturated heterocycles. The summed E-state index contributed by atoms with van der Waals surface area (Å²) in [4.78, 5) is 14.0. The number of rotatable bonds is 7. The van der Waals surface area contributed by atoms with Gasteiger partial charge >= 0.3 is 0 Å². The van der Waals surface area contributed by atoms with Gasteiger partial charge in [0, 0.05) is 19.2 Å². The van der Waals surface area contributed by atoms with E-state index in [0.29, 0.717) is 12.5 Å². The molecule has 2 heterocycles. The molecule has 0 bridgehead atoms. The highest BCUT2D eigenvalue weighted by molar-refractivity contribution is 5.80. The van der Waals surface area contributed by atoms with Crippen LogP contribution in [0.4, 0.5) is 0 Å². The lowest BCUT2D eigenvalue weighted by Crippen LogP contribution is -2.41. The van der Waals surface area contributed by atoms with Gasteiger partial charge in [0.05, 0.1) is 12.6 Å². The normalized spacial score (nSPS) is 16.4. The van der Waals surface area contributed by atoms with Gasteiger partial charge < -0.3 is 10.6 Å². The summed E-state index contributed by atoms with van der Waals surface area (Å²) in [6.45, 7) is 4.60. The Labute approximate surface area is 161 Å². The number of likely N-dealkylation sites (N-methyl/N-ethyl adjacent to an activating group) is 2. The minimum Gasteiger partial charge on any atom is -0.358 e. The summed E-state index contributed by atoms with van der Waals surface area (Å²) >= 11 is 0. The average Bonchev–Trinajstić information content (AvgIpc) is 3.10. The second-order valence-electron chi connectivity index (χ2n) is 7.31. The van der Waals surface area contributed by atoms with E-state index in [4.69, 9.17) is 0 Å². The third kappa shape index (κ3) is 4.73. The van der Waals surface area contributed by atoms with Gasteiger partial charge in [0.2, 0.25) is 5.91 Å². The van der Waals surface area contributed by atoms with Crippen LogP contribution >= 0.6 is 0 Å². The minimum absolute atomic E-state index is 0.00166. The summed E-state index contributed by atoms with van der Waals surface area (Å²) in [5.74, 6) is 2.50. The fourth-order valence-corrected chi connectivity index (χ4v) is 3.58. The number of nitrogens with one attached hydrogen (secondary N) is 2. The maximum atomic E-state index is 12.0. The van der Waals surface area contributed by atoms with Gasteiger partial charge in [-0.25, -0.2) is 0 Å². The van der Waals surface area contributed by atoms with Crippen LogP contribution in [0, 0.1) is 5.92 Å². The Morgan fingerprint density at radius 2 is 1.93 bits per heavy atom. The molecule has 1 aromatic carbocycles. The third-order valence-electron chi connectivity index (χ3n) is 5.42. The fraction of sp³-hybridized carbons (Fsp3) is 0.550. The summed E-state index contributed by atoms with van der Waals surface area (Å²) in [5.41, 5.74) is 1.07. The highest BCUT2D eigenvalue weighted by Gasteiger charge is 2.23. The van der Waals surface area contributed by atoms with E-state index >= 15 is 0 Å². The molecule has 7 nitrogen and oxygen atoms in total. The van der Waals surface area contributed by atoms with Crippen molar-refractivity contribution in [3.8, 4) is 5.69 Å². The number of carbonyl (C=O) groups excluding carboxylic acids is 1. The number of hydrogen-bond acceptors (Lipinski definition) is 5. The monoisotopic (exact) mass is 370 g/mol. The van der Waals surface area contributed by atoms with Gasteiger partial charge in [-0.15, -0.1) is 10.2 Å². The number of piperidine rings is 1. The molecule has 146 valence electrons. The Kier molecular flexibility index (Phi) is 6.58. The van der Waals surface area contributed by atoms with E-state index in [-0.39, 0.29) is 11.9 Å². The molecule has 1 aliphatic rings. The lowest BCUT2D eigenvalue weighted by atomic mass is 9.94. The van der Waals surface area contributed by atoms with Crippen LogP contribution < -0.4 is 10.6 Å². The maximum Gasteiger partial charge on any atom is 0.236 e. The van der Waals surface area contributed by atoms with E-state index < -0.39 is 0 Å². The quantitative estimate of drug-likeness (QED) is 0.770. The predicted molar refractivity (Wildman–Crippen MR) is 106 cm³/mol. The van der Waals surface area contributed by atoms with Gasteiger partial charge in [-0.2, -0.15) is 0 Å². The van der Waals surface area contributed by atoms with Gasteiger partial charge in [0.1, 0.15) is 5.82 Å². The summed E-state index contributed by atoms with van der Waals surface area (Å²) in [5, 5.41) is 15.1. The first-order valence-electron chi connectivity index (χ1n) is 9.71. The molecule has 0 spiro atoms. The van der Waals surface area contributed by atoms with Crippen molar-refractivity contribution in [1.29, 1.82) is 0 Å². The van der Waals surface area contributed by atoms with E-state index in [1.807, 2.05) is 37.1 Å². The summed E-state index contributed by atoms with van der Waals surface area (Å²) in [7, 11) is 3.60. The molecule has 1 unspecified atom stereocenters. The lowest BCUT2D eigenvalue weighted by molar-refractivity contribution is -0.125. The second kappa shape index (κ2) is 9.10. The van der Waals surface area contributed by atoms with Crippen LogP contribution in [0.2, 0.25) is 0 Å². The van der Waals surface area contributed by atoms with Crippen LogP contribution in [-0.4, -0.2) is 58.8 Å². The van der Waals surface area contributed by atoms with Crippen molar-refractivity contribution in [3.05, 3.63) is 42.0 Å². The number of para-hydroxylation sites is 1. The number of amides is 1. The van der Waals surface area contributed by atoms with Crippen LogP contribution in [0.3, 0.4) is 0 Å². The molecule has 2 N–H and O–H groups in total. The summed E-state index contributed by atoms with van der Waals surface area (Å²) in [6.07, 6.45) is 3.27. The third-order valence-corrected chi connectivity index (χ3v) is 5.42. The average molecular weight is 371 g/mol. The number of nitrogens with zero attached hydrogens (tertiary/aromatic N) is 4. The molecule has 1 aliphatic heterocycles. The Hall–Kier alpha value is -2.25. The van der Waals surface area contributed by atoms with Crippen LogP contribution in [0.15, 0.2) is 30.3 Å². The lowest BCUT2D eigenvalue weighted by Gasteiger charge is -2.24. The standard InChI is InChI=1S/C20H30N6O/c1-15(20(27)21-2)25(3)14-19-24-23-18(13-16-9-11-22-12-10-16)26(19)17-7-5-4-6-8-17/h4-8,15-16,22H,9-14H2,1-3H3,(H,21,27). The molecule has 0 radical (unpaired) electrons. The molecule has 1 fully saturated rings. The van der Waals surface area contributed by atoms with Crippen molar-refractivity contribution in [2.75, 3.05) is 27.2 Å².